The van der Waals surface area contributed by atoms with Crippen molar-refractivity contribution in [3.8, 4) is 0 Å². The van der Waals surface area contributed by atoms with Gasteiger partial charge in [0.05, 0.1) is 6.10 Å². The number of aliphatic hydroxyl groups excluding tert-OH is 1. The molecular formula is C12H14F2O. The van der Waals surface area contributed by atoms with Crippen LogP contribution in [0.25, 0.3) is 0 Å². The Morgan fingerprint density at radius 1 is 1.40 bits per heavy atom. The zero-order valence-corrected chi connectivity index (χ0v) is 8.63. The minimum Gasteiger partial charge on any atom is -0.393 e. The summed E-state index contributed by atoms with van der Waals surface area (Å²) in [6.07, 6.45) is 1.75. The molecule has 1 fully saturated rings. The summed E-state index contributed by atoms with van der Waals surface area (Å²) in [6.45, 7) is 1.71. The molecule has 82 valence electrons. The summed E-state index contributed by atoms with van der Waals surface area (Å²) >= 11 is 0. The Kier molecular flexibility index (Phi) is 2.51. The summed E-state index contributed by atoms with van der Waals surface area (Å²) in [7, 11) is 0. The van der Waals surface area contributed by atoms with Crippen molar-refractivity contribution < 1.29 is 13.9 Å². The fourth-order valence-corrected chi connectivity index (χ4v) is 1.97. The molecular weight excluding hydrogens is 198 g/mol. The molecule has 0 bridgehead atoms. The zero-order valence-electron chi connectivity index (χ0n) is 8.63. The Morgan fingerprint density at radius 3 is 2.60 bits per heavy atom. The fraction of sp³-hybridized carbons (Fsp3) is 0.500. The van der Waals surface area contributed by atoms with Crippen LogP contribution >= 0.6 is 0 Å². The number of rotatable bonds is 3. The highest BCUT2D eigenvalue weighted by Gasteiger charge is 2.47. The Balaban J connectivity index is 2.22. The molecule has 1 aromatic rings. The van der Waals surface area contributed by atoms with Gasteiger partial charge in [-0.25, -0.2) is 8.78 Å². The van der Waals surface area contributed by atoms with Gasteiger partial charge in [0.2, 0.25) is 0 Å². The van der Waals surface area contributed by atoms with Crippen LogP contribution in [0.2, 0.25) is 0 Å². The maximum atomic E-state index is 13.4. The first kappa shape index (κ1) is 10.6. The molecule has 1 unspecified atom stereocenters. The van der Waals surface area contributed by atoms with Crippen molar-refractivity contribution in [2.24, 2.45) is 5.41 Å². The molecule has 2 rings (SSSR count). The van der Waals surface area contributed by atoms with E-state index in [1.54, 1.807) is 13.0 Å². The van der Waals surface area contributed by atoms with Crippen LogP contribution in [0.15, 0.2) is 18.2 Å². The molecule has 0 spiro atoms. The lowest BCUT2D eigenvalue weighted by Crippen LogP contribution is -2.21. The SMILES string of the molecule is CC(O)C1(Cc2cccc(F)c2F)CC1. The molecule has 1 nitrogen and oxygen atoms in total. The third-order valence-electron chi connectivity index (χ3n) is 3.35. The summed E-state index contributed by atoms with van der Waals surface area (Å²) in [5.41, 5.74) is 0.155. The molecule has 1 aromatic carbocycles. The third-order valence-corrected chi connectivity index (χ3v) is 3.35. The van der Waals surface area contributed by atoms with E-state index in [2.05, 4.69) is 0 Å². The summed E-state index contributed by atoms with van der Waals surface area (Å²) in [5.74, 6) is -1.58. The van der Waals surface area contributed by atoms with Crippen molar-refractivity contribution in [3.05, 3.63) is 35.4 Å². The number of aliphatic hydroxyl groups is 1. The van der Waals surface area contributed by atoms with Crippen LogP contribution in [0.1, 0.15) is 25.3 Å². The highest BCUT2D eigenvalue weighted by Crippen LogP contribution is 2.51. The Bertz CT molecular complexity index is 370. The van der Waals surface area contributed by atoms with Gasteiger partial charge < -0.3 is 5.11 Å². The molecule has 0 aromatic heterocycles. The van der Waals surface area contributed by atoms with E-state index in [1.807, 2.05) is 0 Å². The number of benzene rings is 1. The van der Waals surface area contributed by atoms with Crippen LogP contribution in [0.4, 0.5) is 8.78 Å². The second-order valence-corrected chi connectivity index (χ2v) is 4.43. The van der Waals surface area contributed by atoms with Crippen LogP contribution in [-0.4, -0.2) is 11.2 Å². The number of halogens is 2. The molecule has 1 N–H and O–H groups in total. The molecule has 3 heteroatoms. The second-order valence-electron chi connectivity index (χ2n) is 4.43. The Morgan fingerprint density at radius 2 is 2.07 bits per heavy atom. The minimum absolute atomic E-state index is 0.214. The highest BCUT2D eigenvalue weighted by atomic mass is 19.2. The molecule has 0 radical (unpaired) electrons. The highest BCUT2D eigenvalue weighted by molar-refractivity contribution is 5.22. The van der Waals surface area contributed by atoms with Crippen molar-refractivity contribution in [2.75, 3.05) is 0 Å². The molecule has 1 atom stereocenters. The number of hydrogen-bond donors (Lipinski definition) is 1. The van der Waals surface area contributed by atoms with Gasteiger partial charge in [-0.1, -0.05) is 12.1 Å². The predicted molar refractivity (Wildman–Crippen MR) is 53.4 cm³/mol. The normalized spacial score (nSPS) is 20.0. The van der Waals surface area contributed by atoms with E-state index < -0.39 is 17.7 Å². The molecule has 0 aliphatic heterocycles. The molecule has 1 aliphatic rings. The van der Waals surface area contributed by atoms with Crippen molar-refractivity contribution in [2.45, 2.75) is 32.3 Å². The Hall–Kier alpha value is -0.960. The van der Waals surface area contributed by atoms with Gasteiger partial charge in [-0.2, -0.15) is 0 Å². The minimum atomic E-state index is -0.811. The van der Waals surface area contributed by atoms with Gasteiger partial charge >= 0.3 is 0 Å². The first-order valence-corrected chi connectivity index (χ1v) is 5.16. The van der Waals surface area contributed by atoms with Crippen molar-refractivity contribution in [3.63, 3.8) is 0 Å². The molecule has 0 saturated heterocycles. The van der Waals surface area contributed by atoms with Crippen LogP contribution in [-0.2, 0) is 6.42 Å². The van der Waals surface area contributed by atoms with Gasteiger partial charge in [-0.05, 0) is 37.8 Å². The van der Waals surface area contributed by atoms with E-state index in [1.165, 1.54) is 6.07 Å². The van der Waals surface area contributed by atoms with E-state index in [4.69, 9.17) is 0 Å². The third kappa shape index (κ3) is 1.88. The van der Waals surface area contributed by atoms with Gasteiger partial charge in [0.1, 0.15) is 0 Å². The van der Waals surface area contributed by atoms with Crippen LogP contribution in [0, 0.1) is 17.0 Å². The number of hydrogen-bond acceptors (Lipinski definition) is 1. The lowest BCUT2D eigenvalue weighted by molar-refractivity contribution is 0.110. The van der Waals surface area contributed by atoms with E-state index in [0.29, 0.717) is 12.0 Å². The van der Waals surface area contributed by atoms with Gasteiger partial charge in [0, 0.05) is 5.41 Å². The zero-order chi connectivity index (χ0) is 11.1. The van der Waals surface area contributed by atoms with E-state index in [9.17, 15) is 13.9 Å². The smallest absolute Gasteiger partial charge is 0.162 e. The maximum absolute atomic E-state index is 13.4. The predicted octanol–water partition coefficient (Wildman–Crippen LogP) is 2.67. The lowest BCUT2D eigenvalue weighted by atomic mass is 9.91. The summed E-state index contributed by atoms with van der Waals surface area (Å²) in [6, 6.07) is 4.20. The van der Waals surface area contributed by atoms with E-state index in [-0.39, 0.29) is 5.41 Å². The van der Waals surface area contributed by atoms with E-state index in [0.717, 1.165) is 18.9 Å². The van der Waals surface area contributed by atoms with Gasteiger partial charge in [0.15, 0.2) is 11.6 Å². The van der Waals surface area contributed by atoms with Crippen LogP contribution in [0.5, 0.6) is 0 Å². The van der Waals surface area contributed by atoms with Crippen molar-refractivity contribution in [1.29, 1.82) is 0 Å². The summed E-state index contributed by atoms with van der Waals surface area (Å²) < 4.78 is 26.3. The fourth-order valence-electron chi connectivity index (χ4n) is 1.97. The first-order valence-electron chi connectivity index (χ1n) is 5.16. The van der Waals surface area contributed by atoms with Crippen molar-refractivity contribution in [1.82, 2.24) is 0 Å². The van der Waals surface area contributed by atoms with Gasteiger partial charge in [-0.3, -0.25) is 0 Å². The standard InChI is InChI=1S/C12H14F2O/c1-8(15)12(5-6-12)7-9-3-2-4-10(13)11(9)14/h2-4,8,15H,5-7H2,1H3. The van der Waals surface area contributed by atoms with E-state index >= 15 is 0 Å². The Labute approximate surface area is 87.7 Å². The topological polar surface area (TPSA) is 20.2 Å². The van der Waals surface area contributed by atoms with Gasteiger partial charge in [-0.15, -0.1) is 0 Å². The largest absolute Gasteiger partial charge is 0.393 e. The average molecular weight is 212 g/mol. The summed E-state index contributed by atoms with van der Waals surface area (Å²) in [5, 5.41) is 9.55. The quantitative estimate of drug-likeness (QED) is 0.816. The van der Waals surface area contributed by atoms with Crippen LogP contribution < -0.4 is 0 Å². The maximum Gasteiger partial charge on any atom is 0.162 e. The first-order chi connectivity index (χ1) is 7.05. The lowest BCUT2D eigenvalue weighted by Gasteiger charge is -2.18. The van der Waals surface area contributed by atoms with Gasteiger partial charge in [0.25, 0.3) is 0 Å². The van der Waals surface area contributed by atoms with Crippen molar-refractivity contribution >= 4 is 0 Å². The monoisotopic (exact) mass is 212 g/mol. The summed E-state index contributed by atoms with van der Waals surface area (Å²) in [4.78, 5) is 0. The molecule has 0 heterocycles. The molecule has 1 aliphatic carbocycles. The van der Waals surface area contributed by atoms with Crippen LogP contribution in [0.3, 0.4) is 0 Å². The second kappa shape index (κ2) is 3.56. The molecule has 1 saturated carbocycles. The molecule has 0 amide bonds. The molecule has 15 heavy (non-hydrogen) atoms. The average Bonchev–Trinajstić information content (AvgIpc) is 2.94.